The minimum absolute atomic E-state index is 0.0971. The molecule has 0 spiro atoms. The molecular weight excluding hydrogens is 452 g/mol. The van der Waals surface area contributed by atoms with Crippen molar-refractivity contribution >= 4 is 21.6 Å². The summed E-state index contributed by atoms with van der Waals surface area (Å²) in [6.45, 7) is 6.14. The number of ether oxygens (including phenoxy) is 2. The second-order valence-corrected chi connectivity index (χ2v) is 9.60. The summed E-state index contributed by atoms with van der Waals surface area (Å²) in [7, 11) is -4.02. The highest BCUT2D eigenvalue weighted by molar-refractivity contribution is 7.92. The number of hydrogen-bond donors (Lipinski definition) is 1. The Morgan fingerprint density at radius 1 is 0.882 bits per heavy atom. The van der Waals surface area contributed by atoms with Gasteiger partial charge >= 0.3 is 0 Å². The van der Waals surface area contributed by atoms with Crippen LogP contribution in [0.15, 0.2) is 77.7 Å². The molecule has 0 aliphatic rings. The lowest BCUT2D eigenvalue weighted by Gasteiger charge is -2.26. The summed E-state index contributed by atoms with van der Waals surface area (Å²) >= 11 is 0. The average Bonchev–Trinajstić information content (AvgIpc) is 2.82. The number of sulfonamides is 1. The lowest BCUT2D eigenvalue weighted by molar-refractivity contribution is -0.119. The Morgan fingerprint density at radius 2 is 1.50 bits per heavy atom. The summed E-state index contributed by atoms with van der Waals surface area (Å²) in [6.07, 6.45) is 0. The molecule has 0 aliphatic carbocycles. The van der Waals surface area contributed by atoms with Gasteiger partial charge in [0.05, 0.1) is 23.7 Å². The molecule has 0 saturated carbocycles. The fourth-order valence-corrected chi connectivity index (χ4v) is 4.69. The molecule has 0 aromatic heterocycles. The van der Waals surface area contributed by atoms with Gasteiger partial charge in [0, 0.05) is 0 Å². The zero-order valence-corrected chi connectivity index (χ0v) is 20.5. The molecule has 3 rings (SSSR count). The minimum Gasteiger partial charge on any atom is -0.492 e. The normalized spacial score (nSPS) is 11.0. The minimum atomic E-state index is -4.02. The van der Waals surface area contributed by atoms with Gasteiger partial charge in [0.25, 0.3) is 10.0 Å². The fraction of sp³-hybridized carbons (Fsp3) is 0.269. The molecule has 0 unspecified atom stereocenters. The van der Waals surface area contributed by atoms with E-state index >= 15 is 0 Å². The standard InChI is InChI=1S/C26H30N2O5S/c1-4-32-25-8-6-5-7-24(25)28(34(30,31)23-15-11-21(3)12-16-23)19-26(29)27-17-18-33-22-13-9-20(2)10-14-22/h5-16H,4,17-19H2,1-3H3,(H,27,29). The maximum absolute atomic E-state index is 13.5. The van der Waals surface area contributed by atoms with Gasteiger partial charge in [-0.2, -0.15) is 0 Å². The molecule has 1 N–H and O–H groups in total. The molecule has 1 amide bonds. The van der Waals surface area contributed by atoms with E-state index in [2.05, 4.69) is 5.32 Å². The van der Waals surface area contributed by atoms with E-state index < -0.39 is 22.5 Å². The maximum atomic E-state index is 13.5. The topological polar surface area (TPSA) is 84.9 Å². The van der Waals surface area contributed by atoms with Crippen molar-refractivity contribution in [3.05, 3.63) is 83.9 Å². The second kappa shape index (κ2) is 11.6. The summed E-state index contributed by atoms with van der Waals surface area (Å²) in [5.74, 6) is 0.639. The third-order valence-electron chi connectivity index (χ3n) is 5.04. The van der Waals surface area contributed by atoms with Gasteiger partial charge in [0.15, 0.2) is 0 Å². The van der Waals surface area contributed by atoms with E-state index in [-0.39, 0.29) is 18.0 Å². The second-order valence-electron chi connectivity index (χ2n) is 7.74. The van der Waals surface area contributed by atoms with Crippen LogP contribution in [0.5, 0.6) is 11.5 Å². The monoisotopic (exact) mass is 482 g/mol. The van der Waals surface area contributed by atoms with Crippen LogP contribution in [0.4, 0.5) is 5.69 Å². The molecule has 180 valence electrons. The van der Waals surface area contributed by atoms with Crippen molar-refractivity contribution in [2.45, 2.75) is 25.7 Å². The van der Waals surface area contributed by atoms with Crippen molar-refractivity contribution in [2.75, 3.05) is 30.6 Å². The molecule has 7 nitrogen and oxygen atoms in total. The number of carbonyl (C=O) groups is 1. The Balaban J connectivity index is 1.76. The van der Waals surface area contributed by atoms with Crippen molar-refractivity contribution < 1.29 is 22.7 Å². The molecule has 0 bridgehead atoms. The number of aryl methyl sites for hydroxylation is 2. The van der Waals surface area contributed by atoms with Gasteiger partial charge in [-0.15, -0.1) is 0 Å². The van der Waals surface area contributed by atoms with Gasteiger partial charge in [-0.1, -0.05) is 47.5 Å². The molecule has 0 heterocycles. The number of carbonyl (C=O) groups excluding carboxylic acids is 1. The molecule has 0 atom stereocenters. The highest BCUT2D eigenvalue weighted by Crippen LogP contribution is 2.32. The van der Waals surface area contributed by atoms with E-state index in [1.54, 1.807) is 36.4 Å². The van der Waals surface area contributed by atoms with Crippen LogP contribution in [0.3, 0.4) is 0 Å². The van der Waals surface area contributed by atoms with Crippen LogP contribution in [0.2, 0.25) is 0 Å². The van der Waals surface area contributed by atoms with E-state index in [9.17, 15) is 13.2 Å². The number of nitrogens with one attached hydrogen (secondary N) is 1. The third kappa shape index (κ3) is 6.51. The summed E-state index contributed by atoms with van der Waals surface area (Å²) in [5.41, 5.74) is 2.37. The number of anilines is 1. The number of hydrogen-bond acceptors (Lipinski definition) is 5. The first-order chi connectivity index (χ1) is 16.3. The molecule has 3 aromatic carbocycles. The van der Waals surface area contributed by atoms with E-state index in [1.165, 1.54) is 12.1 Å². The van der Waals surface area contributed by atoms with Crippen LogP contribution in [-0.2, 0) is 14.8 Å². The molecule has 0 radical (unpaired) electrons. The van der Waals surface area contributed by atoms with Crippen molar-refractivity contribution in [3.8, 4) is 11.5 Å². The molecule has 3 aromatic rings. The average molecular weight is 483 g/mol. The van der Waals surface area contributed by atoms with Crippen LogP contribution in [0.25, 0.3) is 0 Å². The Labute approximate surface area is 201 Å². The van der Waals surface area contributed by atoms with Crippen LogP contribution in [0.1, 0.15) is 18.1 Å². The number of rotatable bonds is 11. The van der Waals surface area contributed by atoms with Gasteiger partial charge in [-0.3, -0.25) is 9.10 Å². The lowest BCUT2D eigenvalue weighted by Crippen LogP contribution is -2.42. The SMILES string of the molecule is CCOc1ccccc1N(CC(=O)NCCOc1ccc(C)cc1)S(=O)(=O)c1ccc(C)cc1. The van der Waals surface area contributed by atoms with Crippen molar-refractivity contribution in [1.29, 1.82) is 0 Å². The highest BCUT2D eigenvalue weighted by atomic mass is 32.2. The zero-order valence-electron chi connectivity index (χ0n) is 19.7. The Hall–Kier alpha value is -3.52. The Morgan fingerprint density at radius 3 is 2.15 bits per heavy atom. The molecule has 0 aliphatic heterocycles. The Kier molecular flexibility index (Phi) is 8.54. The van der Waals surface area contributed by atoms with Gasteiger partial charge in [-0.25, -0.2) is 8.42 Å². The number of benzene rings is 3. The van der Waals surface area contributed by atoms with Crippen LogP contribution >= 0.6 is 0 Å². The Bertz CT molecular complexity index is 1190. The summed E-state index contributed by atoms with van der Waals surface area (Å²) in [6, 6.07) is 20.9. The molecule has 8 heteroatoms. The molecule has 34 heavy (non-hydrogen) atoms. The van der Waals surface area contributed by atoms with Gasteiger partial charge < -0.3 is 14.8 Å². The number of nitrogens with zero attached hydrogens (tertiary/aromatic N) is 1. The van der Waals surface area contributed by atoms with E-state index in [1.807, 2.05) is 45.0 Å². The fourth-order valence-electron chi connectivity index (χ4n) is 3.26. The molecular formula is C26H30N2O5S. The predicted molar refractivity (Wildman–Crippen MR) is 133 cm³/mol. The van der Waals surface area contributed by atoms with Crippen LogP contribution in [0, 0.1) is 13.8 Å². The van der Waals surface area contributed by atoms with E-state index in [0.717, 1.165) is 15.4 Å². The first kappa shape index (κ1) is 25.1. The quantitative estimate of drug-likeness (QED) is 0.416. The first-order valence-corrected chi connectivity index (χ1v) is 12.5. The summed E-state index contributed by atoms with van der Waals surface area (Å²) < 4.78 is 39.5. The number of amides is 1. The first-order valence-electron chi connectivity index (χ1n) is 11.1. The van der Waals surface area contributed by atoms with Gasteiger partial charge in [-0.05, 0) is 57.2 Å². The zero-order chi connectivity index (χ0) is 24.6. The lowest BCUT2D eigenvalue weighted by atomic mass is 10.2. The molecule has 0 saturated heterocycles. The van der Waals surface area contributed by atoms with Crippen molar-refractivity contribution in [3.63, 3.8) is 0 Å². The molecule has 0 fully saturated rings. The van der Waals surface area contributed by atoms with Crippen molar-refractivity contribution in [1.82, 2.24) is 5.32 Å². The third-order valence-corrected chi connectivity index (χ3v) is 6.82. The van der Waals surface area contributed by atoms with Crippen molar-refractivity contribution in [2.24, 2.45) is 0 Å². The summed E-state index contributed by atoms with van der Waals surface area (Å²) in [5, 5.41) is 2.74. The van der Waals surface area contributed by atoms with E-state index in [4.69, 9.17) is 9.47 Å². The smallest absolute Gasteiger partial charge is 0.264 e. The largest absolute Gasteiger partial charge is 0.492 e. The highest BCUT2D eigenvalue weighted by Gasteiger charge is 2.29. The maximum Gasteiger partial charge on any atom is 0.264 e. The van der Waals surface area contributed by atoms with Gasteiger partial charge in [0.1, 0.15) is 24.7 Å². The predicted octanol–water partition coefficient (Wildman–Crippen LogP) is 4.09. The van der Waals surface area contributed by atoms with Gasteiger partial charge in [0.2, 0.25) is 5.91 Å². The van der Waals surface area contributed by atoms with E-state index in [0.29, 0.717) is 23.8 Å². The van der Waals surface area contributed by atoms with Crippen LogP contribution < -0.4 is 19.1 Å². The number of para-hydroxylation sites is 2. The summed E-state index contributed by atoms with van der Waals surface area (Å²) in [4.78, 5) is 12.9. The van der Waals surface area contributed by atoms with Crippen LogP contribution in [-0.4, -0.2) is 40.6 Å².